The summed E-state index contributed by atoms with van der Waals surface area (Å²) in [6.07, 6.45) is 0. The number of sulfonamides is 1. The molecule has 0 spiro atoms. The first-order valence-electron chi connectivity index (χ1n) is 5.59. The van der Waals surface area contributed by atoms with E-state index < -0.39 is 15.8 Å². The number of nitrogens with one attached hydrogen (secondary N) is 2. The average molecular weight is 287 g/mol. The van der Waals surface area contributed by atoms with Crippen molar-refractivity contribution in [2.24, 2.45) is 4.40 Å². The number of methoxy groups -OCH3 is 1. The number of anilines is 1. The van der Waals surface area contributed by atoms with E-state index in [-0.39, 0.29) is 16.9 Å². The highest BCUT2D eigenvalue weighted by Gasteiger charge is 2.25. The van der Waals surface area contributed by atoms with Crippen molar-refractivity contribution in [2.45, 2.75) is 17.9 Å². The van der Waals surface area contributed by atoms with Gasteiger partial charge in [-0.2, -0.15) is 8.42 Å². The first-order valence-corrected chi connectivity index (χ1v) is 7.03. The van der Waals surface area contributed by atoms with Crippen molar-refractivity contribution in [3.63, 3.8) is 0 Å². The Morgan fingerprint density at radius 2 is 2.26 bits per heavy atom. The van der Waals surface area contributed by atoms with Crippen LogP contribution in [0.3, 0.4) is 0 Å². The maximum atomic E-state index is 13.1. The third-order valence-corrected chi connectivity index (χ3v) is 3.80. The van der Waals surface area contributed by atoms with Gasteiger partial charge in [-0.3, -0.25) is 0 Å². The molecule has 2 rings (SSSR count). The lowest BCUT2D eigenvalue weighted by molar-refractivity contribution is 0.179. The van der Waals surface area contributed by atoms with Gasteiger partial charge in [0.25, 0.3) is 10.0 Å². The molecule has 8 heteroatoms. The molecule has 0 aliphatic carbocycles. The van der Waals surface area contributed by atoms with Crippen LogP contribution in [0.25, 0.3) is 0 Å². The molecule has 104 valence electrons. The van der Waals surface area contributed by atoms with Crippen molar-refractivity contribution < 1.29 is 17.5 Å². The van der Waals surface area contributed by atoms with Crippen LogP contribution in [0, 0.1) is 5.82 Å². The van der Waals surface area contributed by atoms with E-state index in [0.29, 0.717) is 12.3 Å². The first kappa shape index (κ1) is 13.8. The van der Waals surface area contributed by atoms with Crippen LogP contribution in [-0.2, 0) is 14.8 Å². The quantitative estimate of drug-likeness (QED) is 0.864. The molecule has 1 heterocycles. The summed E-state index contributed by atoms with van der Waals surface area (Å²) in [5, 5.41) is 5.68. The smallest absolute Gasteiger partial charge is 0.287 e. The Kier molecular flexibility index (Phi) is 3.72. The molecule has 1 unspecified atom stereocenters. The highest BCUT2D eigenvalue weighted by molar-refractivity contribution is 7.90. The van der Waals surface area contributed by atoms with E-state index in [4.69, 9.17) is 4.74 Å². The molecular formula is C11H14FN3O3S. The maximum Gasteiger partial charge on any atom is 0.287 e. The number of ether oxygens (including phenoxy) is 1. The summed E-state index contributed by atoms with van der Waals surface area (Å²) in [6.45, 7) is 2.22. The Morgan fingerprint density at radius 1 is 1.53 bits per heavy atom. The van der Waals surface area contributed by atoms with Gasteiger partial charge >= 0.3 is 0 Å². The summed E-state index contributed by atoms with van der Waals surface area (Å²) >= 11 is 0. The molecule has 1 aromatic rings. The Morgan fingerprint density at radius 3 is 2.95 bits per heavy atom. The molecule has 1 aromatic carbocycles. The second-order valence-corrected chi connectivity index (χ2v) is 5.75. The lowest BCUT2D eigenvalue weighted by atomic mass is 10.3. The number of hydrogen-bond acceptors (Lipinski definition) is 5. The fourth-order valence-corrected chi connectivity index (χ4v) is 2.82. The molecule has 19 heavy (non-hydrogen) atoms. The second-order valence-electron chi connectivity index (χ2n) is 4.18. The van der Waals surface area contributed by atoms with Crippen LogP contribution < -0.4 is 10.6 Å². The van der Waals surface area contributed by atoms with Crippen LogP contribution in [0.4, 0.5) is 10.1 Å². The number of halogens is 1. The van der Waals surface area contributed by atoms with Crippen LogP contribution >= 0.6 is 0 Å². The molecule has 0 amide bonds. The molecule has 0 aromatic heterocycles. The molecule has 1 atom stereocenters. The van der Waals surface area contributed by atoms with Gasteiger partial charge in [-0.25, -0.2) is 4.39 Å². The van der Waals surface area contributed by atoms with Crippen LogP contribution in [-0.4, -0.2) is 34.1 Å². The molecule has 0 saturated heterocycles. The molecule has 0 saturated carbocycles. The summed E-state index contributed by atoms with van der Waals surface area (Å²) in [6, 6.07) is 3.37. The lowest BCUT2D eigenvalue weighted by Crippen LogP contribution is -2.41. The van der Waals surface area contributed by atoms with Gasteiger partial charge in [-0.05, 0) is 25.1 Å². The summed E-state index contributed by atoms with van der Waals surface area (Å²) < 4.78 is 45.4. The standard InChI is InChI=1S/C11H14FN3O3S/c1-7(6-18-2)13-11-14-9-4-3-8(12)5-10(9)19(16,17)15-11/h3-5,7H,6H2,1-2H3,(H2,13,14,15). The predicted molar refractivity (Wildman–Crippen MR) is 69.1 cm³/mol. The van der Waals surface area contributed by atoms with Crippen LogP contribution in [0.15, 0.2) is 27.5 Å². The molecule has 0 bridgehead atoms. The van der Waals surface area contributed by atoms with Crippen molar-refractivity contribution in [3.8, 4) is 0 Å². The minimum atomic E-state index is -3.89. The van der Waals surface area contributed by atoms with Crippen molar-refractivity contribution in [3.05, 3.63) is 24.0 Å². The van der Waals surface area contributed by atoms with Gasteiger partial charge in [0, 0.05) is 13.2 Å². The molecule has 2 N–H and O–H groups in total. The zero-order valence-electron chi connectivity index (χ0n) is 10.5. The van der Waals surface area contributed by atoms with Crippen molar-refractivity contribution in [1.29, 1.82) is 0 Å². The number of hydrogen-bond donors (Lipinski definition) is 2. The molecule has 1 aliphatic rings. The highest BCUT2D eigenvalue weighted by Crippen LogP contribution is 2.27. The monoisotopic (exact) mass is 287 g/mol. The third kappa shape index (κ3) is 3.02. The minimum absolute atomic E-state index is 0.101. The van der Waals surface area contributed by atoms with E-state index in [1.807, 2.05) is 6.92 Å². The van der Waals surface area contributed by atoms with Crippen molar-refractivity contribution in [1.82, 2.24) is 5.32 Å². The van der Waals surface area contributed by atoms with E-state index in [1.54, 1.807) is 7.11 Å². The molecule has 1 aliphatic heterocycles. The average Bonchev–Trinajstić information content (AvgIpc) is 2.30. The Hall–Kier alpha value is -1.67. The molecule has 0 radical (unpaired) electrons. The second kappa shape index (κ2) is 5.14. The fourth-order valence-electron chi connectivity index (χ4n) is 1.72. The maximum absolute atomic E-state index is 13.1. The normalized spacial score (nSPS) is 17.9. The van der Waals surface area contributed by atoms with Gasteiger partial charge in [-0.1, -0.05) is 0 Å². The lowest BCUT2D eigenvalue weighted by Gasteiger charge is -2.21. The Bertz CT molecular complexity index is 616. The predicted octanol–water partition coefficient (Wildman–Crippen LogP) is 0.920. The van der Waals surface area contributed by atoms with Crippen molar-refractivity contribution in [2.75, 3.05) is 19.0 Å². The number of benzene rings is 1. The van der Waals surface area contributed by atoms with Crippen LogP contribution in [0.2, 0.25) is 0 Å². The minimum Gasteiger partial charge on any atom is -0.383 e. The van der Waals surface area contributed by atoms with E-state index >= 15 is 0 Å². The van der Waals surface area contributed by atoms with Gasteiger partial charge in [0.1, 0.15) is 10.7 Å². The van der Waals surface area contributed by atoms with Gasteiger partial charge in [0.05, 0.1) is 12.3 Å². The summed E-state index contributed by atoms with van der Waals surface area (Å²) in [7, 11) is -2.35. The molecular weight excluding hydrogens is 273 g/mol. The van der Waals surface area contributed by atoms with Gasteiger partial charge in [-0.15, -0.1) is 4.40 Å². The van der Waals surface area contributed by atoms with E-state index in [0.717, 1.165) is 6.07 Å². The number of nitrogens with zero attached hydrogens (tertiary/aromatic N) is 1. The molecule has 6 nitrogen and oxygen atoms in total. The summed E-state index contributed by atoms with van der Waals surface area (Å²) in [5.74, 6) is -0.521. The van der Waals surface area contributed by atoms with E-state index in [2.05, 4.69) is 15.0 Å². The van der Waals surface area contributed by atoms with E-state index in [9.17, 15) is 12.8 Å². The van der Waals surface area contributed by atoms with Gasteiger partial charge in [0.15, 0.2) is 0 Å². The fraction of sp³-hybridized carbons (Fsp3) is 0.364. The number of fused-ring (bicyclic) bond motifs is 1. The van der Waals surface area contributed by atoms with E-state index in [1.165, 1.54) is 12.1 Å². The van der Waals surface area contributed by atoms with Gasteiger partial charge < -0.3 is 15.4 Å². The zero-order valence-corrected chi connectivity index (χ0v) is 11.3. The van der Waals surface area contributed by atoms with Crippen LogP contribution in [0.1, 0.15) is 6.92 Å². The third-order valence-electron chi connectivity index (χ3n) is 2.49. The number of rotatable bonds is 3. The SMILES string of the molecule is COCC(C)NC1=NS(=O)(=O)c2cc(F)ccc2N1. The first-order chi connectivity index (χ1) is 8.92. The molecule has 0 fully saturated rings. The Labute approximate surface area is 110 Å². The van der Waals surface area contributed by atoms with Crippen LogP contribution in [0.5, 0.6) is 0 Å². The topological polar surface area (TPSA) is 79.8 Å². The number of guanidine groups is 1. The Balaban J connectivity index is 2.29. The largest absolute Gasteiger partial charge is 0.383 e. The summed E-state index contributed by atoms with van der Waals surface area (Å²) in [4.78, 5) is -0.169. The summed E-state index contributed by atoms with van der Waals surface area (Å²) in [5.41, 5.74) is 0.295. The van der Waals surface area contributed by atoms with Gasteiger partial charge in [0.2, 0.25) is 5.96 Å². The van der Waals surface area contributed by atoms with Crippen molar-refractivity contribution >= 4 is 21.7 Å². The zero-order chi connectivity index (χ0) is 14.0. The highest BCUT2D eigenvalue weighted by atomic mass is 32.2.